The first-order valence-electron chi connectivity index (χ1n) is 3.77. The van der Waals surface area contributed by atoms with E-state index >= 15 is 0 Å². The van der Waals surface area contributed by atoms with Crippen LogP contribution in [0.15, 0.2) is 0 Å². The van der Waals surface area contributed by atoms with E-state index in [0.29, 0.717) is 0 Å². The van der Waals surface area contributed by atoms with E-state index in [9.17, 15) is 0 Å². The van der Waals surface area contributed by atoms with Crippen LogP contribution in [0.5, 0.6) is 0 Å². The van der Waals surface area contributed by atoms with Crippen molar-refractivity contribution in [2.24, 2.45) is 0 Å². The SMILES string of the molecule is C1CCNC1.CC(O)CO. The van der Waals surface area contributed by atoms with Crippen LogP contribution < -0.4 is 5.32 Å². The van der Waals surface area contributed by atoms with Crippen LogP contribution >= 0.6 is 0 Å². The van der Waals surface area contributed by atoms with Crippen LogP contribution in [0.4, 0.5) is 0 Å². The molecule has 3 heteroatoms. The van der Waals surface area contributed by atoms with Crippen molar-refractivity contribution in [2.75, 3.05) is 19.7 Å². The summed E-state index contributed by atoms with van der Waals surface area (Å²) in [5, 5.41) is 19.2. The van der Waals surface area contributed by atoms with Crippen LogP contribution in [0, 0.1) is 0 Å². The van der Waals surface area contributed by atoms with Crippen molar-refractivity contribution in [2.45, 2.75) is 25.9 Å². The minimum atomic E-state index is -0.560. The van der Waals surface area contributed by atoms with E-state index in [1.54, 1.807) is 0 Å². The molecular formula is C7H17NO2. The number of hydrogen-bond acceptors (Lipinski definition) is 3. The van der Waals surface area contributed by atoms with Crippen LogP contribution in [0.2, 0.25) is 0 Å². The predicted molar refractivity (Wildman–Crippen MR) is 40.9 cm³/mol. The Morgan fingerprint density at radius 1 is 1.40 bits per heavy atom. The third-order valence-corrected chi connectivity index (χ3v) is 1.22. The highest BCUT2D eigenvalue weighted by atomic mass is 16.3. The smallest absolute Gasteiger partial charge is 0.0742 e. The van der Waals surface area contributed by atoms with Crippen molar-refractivity contribution in [3.8, 4) is 0 Å². The molecule has 62 valence electrons. The Morgan fingerprint density at radius 3 is 1.90 bits per heavy atom. The molecule has 3 nitrogen and oxygen atoms in total. The van der Waals surface area contributed by atoms with E-state index in [4.69, 9.17) is 10.2 Å². The topological polar surface area (TPSA) is 52.5 Å². The molecule has 0 bridgehead atoms. The molecule has 1 atom stereocenters. The van der Waals surface area contributed by atoms with Crippen molar-refractivity contribution < 1.29 is 10.2 Å². The van der Waals surface area contributed by atoms with E-state index in [0.717, 1.165) is 0 Å². The molecule has 0 saturated carbocycles. The van der Waals surface area contributed by atoms with Crippen molar-refractivity contribution in [3.63, 3.8) is 0 Å². The molecule has 1 unspecified atom stereocenters. The lowest BCUT2D eigenvalue weighted by Crippen LogP contribution is -2.03. The highest BCUT2D eigenvalue weighted by Crippen LogP contribution is 1.90. The van der Waals surface area contributed by atoms with Crippen molar-refractivity contribution in [1.82, 2.24) is 5.32 Å². The van der Waals surface area contributed by atoms with E-state index in [1.165, 1.54) is 32.9 Å². The minimum absolute atomic E-state index is 0.139. The fourth-order valence-corrected chi connectivity index (χ4v) is 0.625. The molecule has 0 amide bonds. The zero-order valence-electron chi connectivity index (χ0n) is 6.51. The molecule has 1 aliphatic heterocycles. The van der Waals surface area contributed by atoms with E-state index < -0.39 is 6.10 Å². The van der Waals surface area contributed by atoms with Crippen LogP contribution in [0.3, 0.4) is 0 Å². The zero-order chi connectivity index (χ0) is 7.82. The Labute approximate surface area is 62.1 Å². The first-order chi connectivity index (χ1) is 4.77. The van der Waals surface area contributed by atoms with Gasteiger partial charge in [-0.1, -0.05) is 0 Å². The van der Waals surface area contributed by atoms with E-state index in [1.807, 2.05) is 0 Å². The normalized spacial score (nSPS) is 19.5. The second-order valence-electron chi connectivity index (χ2n) is 2.49. The maximum absolute atomic E-state index is 8.11. The van der Waals surface area contributed by atoms with E-state index in [-0.39, 0.29) is 6.61 Å². The van der Waals surface area contributed by atoms with Gasteiger partial charge >= 0.3 is 0 Å². The highest BCUT2D eigenvalue weighted by Gasteiger charge is 1.93. The van der Waals surface area contributed by atoms with Crippen molar-refractivity contribution >= 4 is 0 Å². The molecule has 0 aliphatic carbocycles. The van der Waals surface area contributed by atoms with Gasteiger partial charge in [0, 0.05) is 0 Å². The van der Waals surface area contributed by atoms with Gasteiger partial charge in [-0.2, -0.15) is 0 Å². The maximum Gasteiger partial charge on any atom is 0.0742 e. The number of aliphatic hydroxyl groups excluding tert-OH is 2. The molecule has 0 aromatic carbocycles. The standard InChI is InChI=1S/C4H9N.C3H8O2/c1-2-4-5-3-1;1-3(5)2-4/h5H,1-4H2;3-5H,2H2,1H3. The summed E-state index contributed by atoms with van der Waals surface area (Å²) in [5.74, 6) is 0. The second-order valence-corrected chi connectivity index (χ2v) is 2.49. The van der Waals surface area contributed by atoms with Gasteiger partial charge in [-0.3, -0.25) is 0 Å². The molecule has 3 N–H and O–H groups in total. The lowest BCUT2D eigenvalue weighted by atomic mass is 10.4. The summed E-state index contributed by atoms with van der Waals surface area (Å²) in [6, 6.07) is 0. The van der Waals surface area contributed by atoms with Crippen LogP contribution in [0.1, 0.15) is 19.8 Å². The van der Waals surface area contributed by atoms with Gasteiger partial charge in [0.25, 0.3) is 0 Å². The third kappa shape index (κ3) is 7.88. The molecule has 1 aliphatic rings. The summed E-state index contributed by atoms with van der Waals surface area (Å²) in [5.41, 5.74) is 0. The van der Waals surface area contributed by atoms with Gasteiger partial charge in [0.1, 0.15) is 0 Å². The van der Waals surface area contributed by atoms with Gasteiger partial charge in [-0.05, 0) is 32.9 Å². The van der Waals surface area contributed by atoms with Crippen LogP contribution in [0.25, 0.3) is 0 Å². The third-order valence-electron chi connectivity index (χ3n) is 1.22. The molecule has 1 fully saturated rings. The van der Waals surface area contributed by atoms with Crippen molar-refractivity contribution in [3.05, 3.63) is 0 Å². The van der Waals surface area contributed by atoms with Gasteiger partial charge in [-0.15, -0.1) is 0 Å². The number of hydrogen-bond donors (Lipinski definition) is 3. The first kappa shape index (κ1) is 9.88. The summed E-state index contributed by atoms with van der Waals surface area (Å²) in [6.45, 7) is 3.89. The summed E-state index contributed by atoms with van der Waals surface area (Å²) < 4.78 is 0. The summed E-state index contributed by atoms with van der Waals surface area (Å²) in [4.78, 5) is 0. The molecule has 0 aromatic rings. The monoisotopic (exact) mass is 147 g/mol. The largest absolute Gasteiger partial charge is 0.394 e. The van der Waals surface area contributed by atoms with E-state index in [2.05, 4.69) is 5.32 Å². The molecule has 0 aromatic heterocycles. The highest BCUT2D eigenvalue weighted by molar-refractivity contribution is 4.55. The fraction of sp³-hybridized carbons (Fsp3) is 1.00. The van der Waals surface area contributed by atoms with Gasteiger partial charge in [0.2, 0.25) is 0 Å². The molecule has 0 spiro atoms. The molecule has 0 radical (unpaired) electrons. The number of rotatable bonds is 1. The average Bonchev–Trinajstić information content (AvgIpc) is 2.43. The predicted octanol–water partition coefficient (Wildman–Crippen LogP) is -0.271. The Morgan fingerprint density at radius 2 is 1.80 bits per heavy atom. The zero-order valence-corrected chi connectivity index (χ0v) is 6.51. The van der Waals surface area contributed by atoms with Gasteiger partial charge in [0.05, 0.1) is 12.7 Å². The Hall–Kier alpha value is -0.120. The summed E-state index contributed by atoms with van der Waals surface area (Å²) in [6.07, 6.45) is 2.22. The second kappa shape index (κ2) is 6.99. The molecule has 10 heavy (non-hydrogen) atoms. The Bertz CT molecular complexity index is 55.0. The quantitative estimate of drug-likeness (QED) is 0.478. The van der Waals surface area contributed by atoms with Gasteiger partial charge in [0.15, 0.2) is 0 Å². The molecule has 1 heterocycles. The van der Waals surface area contributed by atoms with Crippen molar-refractivity contribution in [1.29, 1.82) is 0 Å². The average molecular weight is 147 g/mol. The Balaban J connectivity index is 0.000000162. The molecule has 1 rings (SSSR count). The summed E-state index contributed by atoms with van der Waals surface area (Å²) >= 11 is 0. The number of nitrogens with one attached hydrogen (secondary N) is 1. The Kier molecular flexibility index (Phi) is 6.91. The minimum Gasteiger partial charge on any atom is -0.394 e. The summed E-state index contributed by atoms with van der Waals surface area (Å²) in [7, 11) is 0. The molecule has 1 saturated heterocycles. The van der Waals surface area contributed by atoms with Crippen LogP contribution in [-0.2, 0) is 0 Å². The lowest BCUT2D eigenvalue weighted by Gasteiger charge is -1.90. The molecular weight excluding hydrogens is 130 g/mol. The first-order valence-corrected chi connectivity index (χ1v) is 3.77. The maximum atomic E-state index is 8.11. The number of aliphatic hydroxyl groups is 2. The van der Waals surface area contributed by atoms with Gasteiger partial charge in [-0.25, -0.2) is 0 Å². The lowest BCUT2D eigenvalue weighted by molar-refractivity contribution is 0.110. The van der Waals surface area contributed by atoms with Crippen LogP contribution in [-0.4, -0.2) is 36.0 Å². The van der Waals surface area contributed by atoms with Gasteiger partial charge < -0.3 is 15.5 Å². The fourth-order valence-electron chi connectivity index (χ4n) is 0.625.